The number of amides is 2. The van der Waals surface area contributed by atoms with Crippen LogP contribution in [0.2, 0.25) is 0 Å². The van der Waals surface area contributed by atoms with Crippen molar-refractivity contribution in [2.45, 2.75) is 52.1 Å². The summed E-state index contributed by atoms with van der Waals surface area (Å²) in [7, 11) is 0. The fourth-order valence-corrected chi connectivity index (χ4v) is 3.00. The Morgan fingerprint density at radius 1 is 1.39 bits per heavy atom. The van der Waals surface area contributed by atoms with E-state index in [-0.39, 0.29) is 12.1 Å². The molecule has 2 amide bonds. The maximum Gasteiger partial charge on any atom is 0.317 e. The molecule has 0 aromatic carbocycles. The van der Waals surface area contributed by atoms with Gasteiger partial charge in [-0.3, -0.25) is 4.90 Å². The number of urea groups is 1. The normalized spacial score (nSPS) is 24.4. The third-order valence-corrected chi connectivity index (χ3v) is 4.21. The summed E-state index contributed by atoms with van der Waals surface area (Å²) >= 11 is 0. The van der Waals surface area contributed by atoms with E-state index in [9.17, 15) is 4.79 Å². The van der Waals surface area contributed by atoms with Crippen molar-refractivity contribution in [3.05, 3.63) is 0 Å². The van der Waals surface area contributed by atoms with Crippen LogP contribution in [-0.4, -0.2) is 53.6 Å². The van der Waals surface area contributed by atoms with Crippen LogP contribution < -0.4 is 5.32 Å². The van der Waals surface area contributed by atoms with Crippen molar-refractivity contribution in [3.63, 3.8) is 0 Å². The van der Waals surface area contributed by atoms with Crippen molar-refractivity contribution in [2.75, 3.05) is 26.2 Å². The van der Waals surface area contributed by atoms with E-state index in [1.807, 2.05) is 18.7 Å². The lowest BCUT2D eigenvalue weighted by Crippen LogP contribution is -2.58. The number of nitrogens with zero attached hydrogens (tertiary/aromatic N) is 2. The molecule has 0 radical (unpaired) electrons. The summed E-state index contributed by atoms with van der Waals surface area (Å²) in [5.74, 6) is 0.667. The number of carbonyl (C=O) groups is 1. The molecule has 2 aliphatic heterocycles. The lowest BCUT2D eigenvalue weighted by molar-refractivity contribution is 0.0666. The van der Waals surface area contributed by atoms with Gasteiger partial charge in [-0.25, -0.2) is 4.79 Å². The predicted octanol–water partition coefficient (Wildman–Crippen LogP) is 1.91. The summed E-state index contributed by atoms with van der Waals surface area (Å²) in [6.45, 7) is 12.9. The highest BCUT2D eigenvalue weighted by molar-refractivity contribution is 5.75. The molecule has 2 rings (SSSR count). The Labute approximate surface area is 111 Å². The summed E-state index contributed by atoms with van der Waals surface area (Å²) in [6, 6.07) is 0.330. The molecule has 0 aromatic rings. The minimum Gasteiger partial charge on any atom is -0.336 e. The number of rotatable bonds is 3. The Balaban J connectivity index is 1.72. The summed E-state index contributed by atoms with van der Waals surface area (Å²) in [5, 5.41) is 2.95. The molecule has 1 N–H and O–H groups in total. The number of likely N-dealkylation sites (tertiary alicyclic amines) is 2. The molecule has 0 aromatic heterocycles. The predicted molar refractivity (Wildman–Crippen MR) is 73.6 cm³/mol. The van der Waals surface area contributed by atoms with Gasteiger partial charge in [-0.15, -0.1) is 0 Å². The van der Waals surface area contributed by atoms with Gasteiger partial charge in [0.25, 0.3) is 0 Å². The van der Waals surface area contributed by atoms with E-state index in [1.54, 1.807) is 0 Å². The Morgan fingerprint density at radius 3 is 2.56 bits per heavy atom. The second-order valence-electron chi connectivity index (χ2n) is 6.74. The number of hydrogen-bond acceptors (Lipinski definition) is 2. The lowest BCUT2D eigenvalue weighted by atomic mass is 9.96. The van der Waals surface area contributed by atoms with Crippen LogP contribution in [0.15, 0.2) is 0 Å². The van der Waals surface area contributed by atoms with Crippen LogP contribution in [0.5, 0.6) is 0 Å². The van der Waals surface area contributed by atoms with E-state index in [0.717, 1.165) is 19.6 Å². The number of carbonyl (C=O) groups excluding carboxylic acids is 1. The first kappa shape index (κ1) is 13.7. The molecule has 2 saturated heterocycles. The standard InChI is InChI=1S/C14H27N3O/c1-11(2)15-13(18)16-8-12(9-16)10-17-7-5-6-14(17,3)4/h11-12H,5-10H2,1-4H3,(H,15,18). The number of hydrogen-bond donors (Lipinski definition) is 1. The van der Waals surface area contributed by atoms with Gasteiger partial charge in [-0.2, -0.15) is 0 Å². The summed E-state index contributed by atoms with van der Waals surface area (Å²) in [5.41, 5.74) is 0.362. The molecule has 2 aliphatic rings. The first-order valence-electron chi connectivity index (χ1n) is 7.19. The molecule has 18 heavy (non-hydrogen) atoms. The highest BCUT2D eigenvalue weighted by Crippen LogP contribution is 2.30. The van der Waals surface area contributed by atoms with Gasteiger partial charge in [0.15, 0.2) is 0 Å². The molecule has 0 aliphatic carbocycles. The average molecular weight is 253 g/mol. The quantitative estimate of drug-likeness (QED) is 0.834. The first-order chi connectivity index (χ1) is 8.38. The van der Waals surface area contributed by atoms with E-state index in [1.165, 1.54) is 19.4 Å². The van der Waals surface area contributed by atoms with Crippen molar-refractivity contribution in [1.29, 1.82) is 0 Å². The van der Waals surface area contributed by atoms with Crippen LogP contribution in [-0.2, 0) is 0 Å². The van der Waals surface area contributed by atoms with Crippen LogP contribution in [0.4, 0.5) is 4.79 Å². The fourth-order valence-electron chi connectivity index (χ4n) is 3.00. The highest BCUT2D eigenvalue weighted by Gasteiger charge is 2.37. The summed E-state index contributed by atoms with van der Waals surface area (Å²) in [6.07, 6.45) is 2.62. The van der Waals surface area contributed by atoms with Crippen molar-refractivity contribution in [1.82, 2.24) is 15.1 Å². The van der Waals surface area contributed by atoms with Gasteiger partial charge in [0, 0.05) is 37.1 Å². The van der Waals surface area contributed by atoms with Crippen LogP contribution in [0.1, 0.15) is 40.5 Å². The topological polar surface area (TPSA) is 35.6 Å². The second-order valence-corrected chi connectivity index (χ2v) is 6.74. The Bertz CT molecular complexity index is 308. The van der Waals surface area contributed by atoms with Crippen LogP contribution in [0, 0.1) is 5.92 Å². The summed E-state index contributed by atoms with van der Waals surface area (Å²) < 4.78 is 0. The third kappa shape index (κ3) is 2.97. The molecule has 4 heteroatoms. The molecule has 0 saturated carbocycles. The molecule has 4 nitrogen and oxygen atoms in total. The Morgan fingerprint density at radius 2 is 2.06 bits per heavy atom. The largest absolute Gasteiger partial charge is 0.336 e. The van der Waals surface area contributed by atoms with E-state index < -0.39 is 0 Å². The van der Waals surface area contributed by atoms with Gasteiger partial charge in [0.05, 0.1) is 0 Å². The molecule has 0 atom stereocenters. The molecule has 104 valence electrons. The zero-order valence-electron chi connectivity index (χ0n) is 12.2. The SMILES string of the molecule is CC(C)NC(=O)N1CC(CN2CCCC2(C)C)C1. The van der Waals surface area contributed by atoms with Gasteiger partial charge in [0.1, 0.15) is 0 Å². The molecular formula is C14H27N3O. The maximum absolute atomic E-state index is 11.7. The lowest BCUT2D eigenvalue weighted by Gasteiger charge is -2.43. The smallest absolute Gasteiger partial charge is 0.317 e. The average Bonchev–Trinajstić information content (AvgIpc) is 2.49. The van der Waals surface area contributed by atoms with E-state index in [0.29, 0.717) is 11.5 Å². The van der Waals surface area contributed by atoms with Crippen molar-refractivity contribution < 1.29 is 4.79 Å². The third-order valence-electron chi connectivity index (χ3n) is 4.21. The van der Waals surface area contributed by atoms with Crippen LogP contribution >= 0.6 is 0 Å². The maximum atomic E-state index is 11.7. The van der Waals surface area contributed by atoms with Gasteiger partial charge in [0.2, 0.25) is 0 Å². The molecule has 0 unspecified atom stereocenters. The zero-order chi connectivity index (χ0) is 13.3. The van der Waals surface area contributed by atoms with Crippen LogP contribution in [0.25, 0.3) is 0 Å². The van der Waals surface area contributed by atoms with Crippen LogP contribution in [0.3, 0.4) is 0 Å². The molecule has 0 bridgehead atoms. The monoisotopic (exact) mass is 253 g/mol. The van der Waals surface area contributed by atoms with Crippen molar-refractivity contribution in [2.24, 2.45) is 5.92 Å². The van der Waals surface area contributed by atoms with Gasteiger partial charge in [-0.1, -0.05) is 0 Å². The minimum atomic E-state index is 0.0990. The van der Waals surface area contributed by atoms with Gasteiger partial charge in [-0.05, 0) is 47.1 Å². The Hall–Kier alpha value is -0.770. The van der Waals surface area contributed by atoms with Gasteiger partial charge < -0.3 is 10.2 Å². The van der Waals surface area contributed by atoms with Crippen molar-refractivity contribution in [3.8, 4) is 0 Å². The molecular weight excluding hydrogens is 226 g/mol. The van der Waals surface area contributed by atoms with E-state index in [2.05, 4.69) is 24.1 Å². The highest BCUT2D eigenvalue weighted by atomic mass is 16.2. The number of nitrogens with one attached hydrogen (secondary N) is 1. The van der Waals surface area contributed by atoms with E-state index >= 15 is 0 Å². The second kappa shape index (κ2) is 5.08. The Kier molecular flexibility index (Phi) is 3.85. The van der Waals surface area contributed by atoms with E-state index in [4.69, 9.17) is 0 Å². The molecule has 2 fully saturated rings. The zero-order valence-corrected chi connectivity index (χ0v) is 12.2. The first-order valence-corrected chi connectivity index (χ1v) is 7.19. The minimum absolute atomic E-state index is 0.0990. The summed E-state index contributed by atoms with van der Waals surface area (Å²) in [4.78, 5) is 16.3. The van der Waals surface area contributed by atoms with Gasteiger partial charge >= 0.3 is 6.03 Å². The molecule has 0 spiro atoms. The van der Waals surface area contributed by atoms with Crippen molar-refractivity contribution >= 4 is 6.03 Å². The molecule has 2 heterocycles. The fraction of sp³-hybridized carbons (Fsp3) is 0.929.